The highest BCUT2D eigenvalue weighted by atomic mass is 32.2. The van der Waals surface area contributed by atoms with Crippen molar-refractivity contribution in [3.8, 4) is 0 Å². The van der Waals surface area contributed by atoms with Crippen LogP contribution in [0.3, 0.4) is 0 Å². The van der Waals surface area contributed by atoms with E-state index in [4.69, 9.17) is 9.47 Å². The van der Waals surface area contributed by atoms with Gasteiger partial charge in [0.15, 0.2) is 6.29 Å². The summed E-state index contributed by atoms with van der Waals surface area (Å²) in [6.45, 7) is 6.35. The average Bonchev–Trinajstić information content (AvgIpc) is 2.73. The number of allylic oxidation sites excluding steroid dienone is 1. The number of methoxy groups -OCH3 is 2. The molecule has 0 spiro atoms. The lowest BCUT2D eigenvalue weighted by atomic mass is 10.3. The minimum absolute atomic E-state index is 0.334. The molecule has 0 radical (unpaired) electrons. The number of aromatic nitrogens is 4. The smallest absolute Gasteiger partial charge is 0.209 e. The SMILES string of the molecule is C=C(C)CCSc1nnnn1CC(OC)OC. The Labute approximate surface area is 105 Å². The Balaban J connectivity index is 2.50. The van der Waals surface area contributed by atoms with Crippen LogP contribution in [0.4, 0.5) is 0 Å². The second-order valence-corrected chi connectivity index (χ2v) is 4.66. The summed E-state index contributed by atoms with van der Waals surface area (Å²) >= 11 is 1.60. The van der Waals surface area contributed by atoms with Crippen molar-refractivity contribution in [3.05, 3.63) is 12.2 Å². The minimum atomic E-state index is -0.334. The zero-order valence-electron chi connectivity index (χ0n) is 10.4. The highest BCUT2D eigenvalue weighted by Crippen LogP contribution is 2.17. The van der Waals surface area contributed by atoms with Gasteiger partial charge in [0, 0.05) is 20.0 Å². The maximum absolute atomic E-state index is 5.11. The van der Waals surface area contributed by atoms with E-state index in [1.54, 1.807) is 30.7 Å². The van der Waals surface area contributed by atoms with Gasteiger partial charge in [-0.15, -0.1) is 11.7 Å². The molecule has 1 aromatic rings. The van der Waals surface area contributed by atoms with Gasteiger partial charge >= 0.3 is 0 Å². The van der Waals surface area contributed by atoms with Crippen molar-refractivity contribution < 1.29 is 9.47 Å². The summed E-state index contributed by atoms with van der Waals surface area (Å²) < 4.78 is 11.9. The van der Waals surface area contributed by atoms with Crippen LogP contribution < -0.4 is 0 Å². The quantitative estimate of drug-likeness (QED) is 0.398. The summed E-state index contributed by atoms with van der Waals surface area (Å²) in [7, 11) is 3.18. The van der Waals surface area contributed by atoms with Gasteiger partial charge in [0.25, 0.3) is 0 Å². The molecule has 96 valence electrons. The molecule has 0 aromatic carbocycles. The van der Waals surface area contributed by atoms with E-state index < -0.39 is 0 Å². The summed E-state index contributed by atoms with van der Waals surface area (Å²) in [5.41, 5.74) is 1.16. The van der Waals surface area contributed by atoms with E-state index >= 15 is 0 Å². The van der Waals surface area contributed by atoms with Crippen molar-refractivity contribution in [1.82, 2.24) is 20.2 Å². The van der Waals surface area contributed by atoms with Gasteiger partial charge < -0.3 is 9.47 Å². The predicted octanol–water partition coefficient (Wildman–Crippen LogP) is 1.35. The molecule has 7 heteroatoms. The summed E-state index contributed by atoms with van der Waals surface area (Å²) in [5.74, 6) is 0.917. The van der Waals surface area contributed by atoms with Crippen molar-refractivity contribution in [1.29, 1.82) is 0 Å². The van der Waals surface area contributed by atoms with E-state index in [2.05, 4.69) is 22.1 Å². The van der Waals surface area contributed by atoms with E-state index in [0.717, 1.165) is 22.9 Å². The van der Waals surface area contributed by atoms with Crippen LogP contribution in [0.2, 0.25) is 0 Å². The third-order valence-electron chi connectivity index (χ3n) is 2.11. The Morgan fingerprint density at radius 2 is 2.18 bits per heavy atom. The van der Waals surface area contributed by atoms with Gasteiger partial charge in [-0.25, -0.2) is 4.68 Å². The van der Waals surface area contributed by atoms with Crippen LogP contribution in [0.15, 0.2) is 17.3 Å². The maximum atomic E-state index is 5.11. The van der Waals surface area contributed by atoms with E-state index in [1.165, 1.54) is 0 Å². The van der Waals surface area contributed by atoms with Gasteiger partial charge in [-0.2, -0.15) is 0 Å². The third kappa shape index (κ3) is 4.84. The number of ether oxygens (including phenoxy) is 2. The van der Waals surface area contributed by atoms with Gasteiger partial charge in [-0.3, -0.25) is 0 Å². The van der Waals surface area contributed by atoms with Crippen molar-refractivity contribution in [2.24, 2.45) is 0 Å². The number of nitrogens with zero attached hydrogens (tertiary/aromatic N) is 4. The van der Waals surface area contributed by atoms with E-state index in [0.29, 0.717) is 6.54 Å². The zero-order valence-corrected chi connectivity index (χ0v) is 11.2. The lowest BCUT2D eigenvalue weighted by Gasteiger charge is -2.13. The zero-order chi connectivity index (χ0) is 12.7. The third-order valence-corrected chi connectivity index (χ3v) is 3.07. The number of hydrogen-bond acceptors (Lipinski definition) is 6. The van der Waals surface area contributed by atoms with Gasteiger partial charge in [-0.1, -0.05) is 17.3 Å². The maximum Gasteiger partial charge on any atom is 0.209 e. The molecule has 0 fully saturated rings. The fourth-order valence-electron chi connectivity index (χ4n) is 1.12. The molecule has 0 atom stereocenters. The average molecular weight is 258 g/mol. The summed E-state index contributed by atoms with van der Waals surface area (Å²) in [6.07, 6.45) is 0.620. The highest BCUT2D eigenvalue weighted by Gasteiger charge is 2.12. The predicted molar refractivity (Wildman–Crippen MR) is 65.8 cm³/mol. The lowest BCUT2D eigenvalue weighted by Crippen LogP contribution is -2.21. The molecule has 0 aliphatic rings. The summed E-state index contributed by atoms with van der Waals surface area (Å²) in [4.78, 5) is 0. The number of thioether (sulfide) groups is 1. The van der Waals surface area contributed by atoms with Crippen LogP contribution in [0.5, 0.6) is 0 Å². The molecule has 0 bridgehead atoms. The molecule has 0 saturated heterocycles. The van der Waals surface area contributed by atoms with Crippen LogP contribution in [0.1, 0.15) is 13.3 Å². The largest absolute Gasteiger partial charge is 0.354 e. The van der Waals surface area contributed by atoms with E-state index in [1.807, 2.05) is 6.92 Å². The Bertz CT molecular complexity index is 352. The molecule has 17 heavy (non-hydrogen) atoms. The van der Waals surface area contributed by atoms with Crippen molar-refractivity contribution in [2.45, 2.75) is 31.3 Å². The second-order valence-electron chi connectivity index (χ2n) is 3.60. The molecule has 0 aliphatic heterocycles. The molecular formula is C10H18N4O2S. The molecule has 0 N–H and O–H groups in total. The van der Waals surface area contributed by atoms with E-state index in [-0.39, 0.29) is 6.29 Å². The van der Waals surface area contributed by atoms with Crippen molar-refractivity contribution in [3.63, 3.8) is 0 Å². The number of tetrazole rings is 1. The van der Waals surface area contributed by atoms with Crippen LogP contribution >= 0.6 is 11.8 Å². The van der Waals surface area contributed by atoms with Crippen LogP contribution in [0, 0.1) is 0 Å². The van der Waals surface area contributed by atoms with Crippen molar-refractivity contribution in [2.75, 3.05) is 20.0 Å². The number of hydrogen-bond donors (Lipinski definition) is 0. The fraction of sp³-hybridized carbons (Fsp3) is 0.700. The normalized spacial score (nSPS) is 11.1. The molecule has 0 aliphatic carbocycles. The summed E-state index contributed by atoms with van der Waals surface area (Å²) in [6, 6.07) is 0. The van der Waals surface area contributed by atoms with Crippen LogP contribution in [-0.2, 0) is 16.0 Å². The van der Waals surface area contributed by atoms with Crippen LogP contribution in [-0.4, -0.2) is 46.5 Å². The molecular weight excluding hydrogens is 240 g/mol. The van der Waals surface area contributed by atoms with Gasteiger partial charge in [0.2, 0.25) is 5.16 Å². The van der Waals surface area contributed by atoms with Gasteiger partial charge in [-0.05, 0) is 23.8 Å². The summed E-state index contributed by atoms with van der Waals surface area (Å²) in [5, 5.41) is 12.3. The molecule has 6 nitrogen and oxygen atoms in total. The highest BCUT2D eigenvalue weighted by molar-refractivity contribution is 7.99. The molecule has 1 rings (SSSR count). The Morgan fingerprint density at radius 1 is 1.47 bits per heavy atom. The minimum Gasteiger partial charge on any atom is -0.354 e. The van der Waals surface area contributed by atoms with Gasteiger partial charge in [0.1, 0.15) is 0 Å². The van der Waals surface area contributed by atoms with E-state index in [9.17, 15) is 0 Å². The first-order valence-corrected chi connectivity index (χ1v) is 6.25. The Morgan fingerprint density at radius 3 is 2.76 bits per heavy atom. The topological polar surface area (TPSA) is 62.1 Å². The first-order valence-electron chi connectivity index (χ1n) is 5.26. The Kier molecular flexibility index (Phi) is 6.17. The monoisotopic (exact) mass is 258 g/mol. The fourth-order valence-corrected chi connectivity index (χ4v) is 2.10. The molecule has 0 saturated carbocycles. The van der Waals surface area contributed by atoms with Crippen LogP contribution in [0.25, 0.3) is 0 Å². The first kappa shape index (κ1) is 14.1. The standard InChI is InChI=1S/C10H18N4O2S/c1-8(2)5-6-17-10-11-12-13-14(10)7-9(15-3)16-4/h9H,1,5-7H2,2-4H3. The van der Waals surface area contributed by atoms with Crippen molar-refractivity contribution >= 4 is 11.8 Å². The number of rotatable bonds is 8. The second kappa shape index (κ2) is 7.41. The first-order chi connectivity index (χ1) is 8.17. The molecule has 1 heterocycles. The van der Waals surface area contributed by atoms with Gasteiger partial charge in [0.05, 0.1) is 6.54 Å². The Hall–Kier alpha value is -0.920. The lowest BCUT2D eigenvalue weighted by molar-refractivity contribution is -0.113. The molecule has 0 unspecified atom stereocenters. The molecule has 0 amide bonds. The molecule has 1 aromatic heterocycles.